The van der Waals surface area contributed by atoms with Crippen molar-refractivity contribution in [3.05, 3.63) is 48.2 Å². The maximum atomic E-state index is 13.0. The summed E-state index contributed by atoms with van der Waals surface area (Å²) in [5.41, 5.74) is -5.19. The van der Waals surface area contributed by atoms with E-state index < -0.39 is 31.8 Å². The van der Waals surface area contributed by atoms with Gasteiger partial charge in [0.15, 0.2) is 5.03 Å². The molecule has 2 heterocycles. The molecule has 0 radical (unpaired) electrons. The van der Waals surface area contributed by atoms with Gasteiger partial charge in [0.25, 0.3) is 15.7 Å². The molecular weight excluding hydrogens is 423 g/mol. The second kappa shape index (κ2) is 8.50. The van der Waals surface area contributed by atoms with Crippen molar-refractivity contribution in [2.24, 2.45) is 0 Å². The van der Waals surface area contributed by atoms with E-state index in [4.69, 9.17) is 4.74 Å². The molecule has 0 bridgehead atoms. The number of hydrogen-bond donors (Lipinski definition) is 0. The van der Waals surface area contributed by atoms with Crippen LogP contribution in [0.3, 0.4) is 0 Å². The van der Waals surface area contributed by atoms with Gasteiger partial charge in [0.2, 0.25) is 0 Å². The molecule has 0 spiro atoms. The summed E-state index contributed by atoms with van der Waals surface area (Å²) in [5, 5.41) is -1.27. The van der Waals surface area contributed by atoms with Gasteiger partial charge in [0.1, 0.15) is 5.75 Å². The number of ether oxygens (including phenoxy) is 1. The molecule has 1 fully saturated rings. The zero-order valence-electron chi connectivity index (χ0n) is 16.1. The number of amides is 1. The Hall–Kier alpha value is -2.82. The van der Waals surface area contributed by atoms with Gasteiger partial charge in [-0.25, -0.2) is 13.4 Å². The number of methoxy groups -OCH3 is 1. The summed E-state index contributed by atoms with van der Waals surface area (Å²) < 4.78 is 67.8. The van der Waals surface area contributed by atoms with Crippen LogP contribution in [0.5, 0.6) is 5.75 Å². The van der Waals surface area contributed by atoms with E-state index in [9.17, 15) is 26.4 Å². The average molecular weight is 443 g/mol. The van der Waals surface area contributed by atoms with Crippen molar-refractivity contribution in [2.45, 2.75) is 17.0 Å². The highest BCUT2D eigenvalue weighted by Crippen LogP contribution is 2.31. The van der Waals surface area contributed by atoms with Crippen molar-refractivity contribution in [1.29, 1.82) is 0 Å². The Bertz CT molecular complexity index is 1010. The van der Waals surface area contributed by atoms with Crippen LogP contribution >= 0.6 is 0 Å². The van der Waals surface area contributed by atoms with Crippen LogP contribution in [0.25, 0.3) is 0 Å². The molecule has 1 saturated heterocycles. The highest BCUT2D eigenvalue weighted by Gasteiger charge is 2.49. The molecule has 0 N–H and O–H groups in total. The van der Waals surface area contributed by atoms with Crippen molar-refractivity contribution in [3.63, 3.8) is 0 Å². The summed E-state index contributed by atoms with van der Waals surface area (Å²) in [5.74, 6) is -0.0807. The normalized spacial score (nSPS) is 15.6. The average Bonchev–Trinajstić information content (AvgIpc) is 2.99. The first-order valence-corrected chi connectivity index (χ1v) is 10.6. The molecule has 1 aromatic carbocycles. The lowest BCUT2D eigenvalue weighted by atomic mass is 10.2. The molecule has 0 unspecified atom stereocenters. The summed E-state index contributed by atoms with van der Waals surface area (Å²) in [6.07, 6.45) is 1.49. The van der Waals surface area contributed by atoms with Crippen LogP contribution in [-0.4, -0.2) is 63.0 Å². The Morgan fingerprint density at radius 2 is 1.77 bits per heavy atom. The highest BCUT2D eigenvalue weighted by molar-refractivity contribution is 7.92. The first-order chi connectivity index (χ1) is 14.1. The minimum Gasteiger partial charge on any atom is -0.497 e. The number of rotatable bonds is 4. The second-order valence-electron chi connectivity index (χ2n) is 6.64. The number of anilines is 1. The smallest absolute Gasteiger partial charge is 0.497 e. The minimum atomic E-state index is -5.74. The molecule has 162 valence electrons. The van der Waals surface area contributed by atoms with E-state index in [2.05, 4.69) is 4.98 Å². The van der Waals surface area contributed by atoms with Crippen LogP contribution in [0.2, 0.25) is 0 Å². The molecule has 30 heavy (non-hydrogen) atoms. The van der Waals surface area contributed by atoms with Crippen molar-refractivity contribution < 1.29 is 31.1 Å². The van der Waals surface area contributed by atoms with Crippen molar-refractivity contribution >= 4 is 21.4 Å². The highest BCUT2D eigenvalue weighted by atomic mass is 32.2. The van der Waals surface area contributed by atoms with E-state index in [1.54, 1.807) is 7.11 Å². The number of benzene rings is 1. The van der Waals surface area contributed by atoms with Crippen LogP contribution in [0.1, 0.15) is 16.8 Å². The molecule has 7 nitrogen and oxygen atoms in total. The van der Waals surface area contributed by atoms with Gasteiger partial charge in [-0.15, -0.1) is 0 Å². The summed E-state index contributed by atoms with van der Waals surface area (Å²) in [4.78, 5) is 19.7. The number of carbonyl (C=O) groups is 1. The molecule has 0 saturated carbocycles. The zero-order valence-corrected chi connectivity index (χ0v) is 16.9. The Morgan fingerprint density at radius 3 is 2.40 bits per heavy atom. The third-order valence-corrected chi connectivity index (χ3v) is 6.23. The Labute approximate surface area is 172 Å². The van der Waals surface area contributed by atoms with Crippen molar-refractivity contribution in [2.75, 3.05) is 38.2 Å². The van der Waals surface area contributed by atoms with E-state index in [0.717, 1.165) is 18.0 Å². The SMILES string of the molecule is COc1ccc(N2CCCN(C(=O)c3cccnc3S(=O)(=O)C(F)(F)F)CC2)cc1. The lowest BCUT2D eigenvalue weighted by Crippen LogP contribution is -2.37. The van der Waals surface area contributed by atoms with Gasteiger partial charge >= 0.3 is 5.51 Å². The topological polar surface area (TPSA) is 79.8 Å². The van der Waals surface area contributed by atoms with Gasteiger partial charge in [-0.2, -0.15) is 13.2 Å². The number of nitrogens with zero attached hydrogens (tertiary/aromatic N) is 3. The Morgan fingerprint density at radius 1 is 1.07 bits per heavy atom. The summed E-state index contributed by atoms with van der Waals surface area (Å²) in [7, 11) is -4.18. The fraction of sp³-hybridized carbons (Fsp3) is 0.368. The second-order valence-corrected chi connectivity index (χ2v) is 8.49. The summed E-state index contributed by atoms with van der Waals surface area (Å²) >= 11 is 0. The third kappa shape index (κ3) is 4.35. The van der Waals surface area contributed by atoms with Crippen LogP contribution in [0.15, 0.2) is 47.6 Å². The van der Waals surface area contributed by atoms with Gasteiger partial charge < -0.3 is 14.5 Å². The molecule has 3 rings (SSSR count). The van der Waals surface area contributed by atoms with E-state index in [0.29, 0.717) is 25.3 Å². The van der Waals surface area contributed by atoms with Gasteiger partial charge in [0.05, 0.1) is 12.7 Å². The first-order valence-electron chi connectivity index (χ1n) is 9.10. The number of alkyl halides is 3. The maximum absolute atomic E-state index is 13.0. The number of sulfone groups is 1. The van der Waals surface area contributed by atoms with Crippen molar-refractivity contribution in [3.8, 4) is 5.75 Å². The quantitative estimate of drug-likeness (QED) is 0.723. The molecule has 1 aliphatic rings. The molecule has 1 aliphatic heterocycles. The standard InChI is InChI=1S/C19H20F3N3O4S/c1-29-15-7-5-14(6-8-15)24-10-3-11-25(13-12-24)18(26)16-4-2-9-23-17(16)30(27,28)19(20,21)22/h2,4-9H,3,10-13H2,1H3. The van der Waals surface area contributed by atoms with Gasteiger partial charge in [-0.3, -0.25) is 4.79 Å². The van der Waals surface area contributed by atoms with Crippen LogP contribution in [0.4, 0.5) is 18.9 Å². The maximum Gasteiger partial charge on any atom is 0.503 e. The number of aromatic nitrogens is 1. The predicted octanol–water partition coefficient (Wildman–Crippen LogP) is 2.74. The zero-order chi connectivity index (χ0) is 21.9. The Kier molecular flexibility index (Phi) is 6.20. The minimum absolute atomic E-state index is 0.227. The van der Waals surface area contributed by atoms with Crippen LogP contribution in [0, 0.1) is 0 Å². The molecular formula is C19H20F3N3O4S. The fourth-order valence-electron chi connectivity index (χ4n) is 3.22. The summed E-state index contributed by atoms with van der Waals surface area (Å²) in [6, 6.07) is 9.68. The monoisotopic (exact) mass is 443 g/mol. The number of halogens is 3. The van der Waals surface area contributed by atoms with E-state index in [-0.39, 0.29) is 13.1 Å². The molecule has 1 aromatic heterocycles. The third-order valence-electron chi connectivity index (χ3n) is 4.78. The lowest BCUT2D eigenvalue weighted by molar-refractivity contribution is -0.0438. The van der Waals surface area contributed by atoms with Crippen LogP contribution in [-0.2, 0) is 9.84 Å². The Balaban J connectivity index is 1.80. The molecule has 1 amide bonds. The molecule has 11 heteroatoms. The van der Waals surface area contributed by atoms with E-state index in [1.165, 1.54) is 11.0 Å². The number of pyridine rings is 1. The van der Waals surface area contributed by atoms with Crippen LogP contribution < -0.4 is 9.64 Å². The van der Waals surface area contributed by atoms with Gasteiger partial charge in [0, 0.05) is 38.1 Å². The number of hydrogen-bond acceptors (Lipinski definition) is 6. The predicted molar refractivity (Wildman–Crippen MR) is 103 cm³/mol. The molecule has 0 atom stereocenters. The fourth-order valence-corrected chi connectivity index (χ4v) is 4.08. The van der Waals surface area contributed by atoms with Crippen molar-refractivity contribution in [1.82, 2.24) is 9.88 Å². The van der Waals surface area contributed by atoms with Gasteiger partial charge in [-0.1, -0.05) is 0 Å². The molecule has 2 aromatic rings. The van der Waals surface area contributed by atoms with E-state index in [1.807, 2.05) is 29.2 Å². The lowest BCUT2D eigenvalue weighted by Gasteiger charge is -2.24. The van der Waals surface area contributed by atoms with E-state index >= 15 is 0 Å². The van der Waals surface area contributed by atoms with Gasteiger partial charge in [-0.05, 0) is 42.8 Å². The number of carbonyl (C=O) groups excluding carboxylic acids is 1. The first kappa shape index (κ1) is 21.9. The molecule has 0 aliphatic carbocycles. The largest absolute Gasteiger partial charge is 0.503 e. The summed E-state index contributed by atoms with van der Waals surface area (Å²) in [6.45, 7) is 1.59.